The summed E-state index contributed by atoms with van der Waals surface area (Å²) < 4.78 is 0. The van der Waals surface area contributed by atoms with Gasteiger partial charge < -0.3 is 0 Å². The molecule has 0 aromatic carbocycles. The largest absolute Gasteiger partial charge is 0.143 e. The zero-order chi connectivity index (χ0) is 13.3. The summed E-state index contributed by atoms with van der Waals surface area (Å²) in [5, 5.41) is 0. The monoisotopic (exact) mass is 238 g/mol. The van der Waals surface area contributed by atoms with Gasteiger partial charge in [-0.15, -0.1) is 0 Å². The van der Waals surface area contributed by atoms with Crippen LogP contribution in [0.25, 0.3) is 0 Å². The van der Waals surface area contributed by atoms with Crippen molar-refractivity contribution in [1.82, 2.24) is 0 Å². The second kappa shape index (κ2) is 9.06. The van der Waals surface area contributed by atoms with Crippen molar-refractivity contribution in [1.29, 1.82) is 0 Å². The lowest BCUT2D eigenvalue weighted by Gasteiger charge is -2.27. The van der Waals surface area contributed by atoms with Gasteiger partial charge in [-0.3, -0.25) is 0 Å². The maximum Gasteiger partial charge on any atom is 0.143 e. The lowest BCUT2D eigenvalue weighted by molar-refractivity contribution is 0.395. The van der Waals surface area contributed by atoms with Crippen molar-refractivity contribution < 1.29 is 0 Å². The summed E-state index contributed by atoms with van der Waals surface area (Å²) in [5.41, 5.74) is 0.509. The van der Waals surface area contributed by atoms with Crippen LogP contribution in [0.2, 0.25) is 18.5 Å². The average molecular weight is 238 g/mol. The number of hydrogen-bond donors (Lipinski definition) is 0. The first kappa shape index (κ1) is 17.1. The van der Waals surface area contributed by atoms with Crippen LogP contribution >= 0.6 is 0 Å². The van der Waals surface area contributed by atoms with Crippen LogP contribution in [0.15, 0.2) is 0 Å². The Kier molecular flexibility index (Phi) is 9.09. The van der Waals surface area contributed by atoms with Gasteiger partial charge in [0.05, 0.1) is 0 Å². The van der Waals surface area contributed by atoms with E-state index >= 15 is 0 Å². The summed E-state index contributed by atoms with van der Waals surface area (Å²) in [6, 6.07) is 0. The molecule has 1 atom stereocenters. The van der Waals surface area contributed by atoms with Crippen molar-refractivity contribution in [2.24, 2.45) is 5.41 Å². The molecule has 0 aliphatic heterocycles. The SMILES string of the molecule is CCCCB(CCC(C)(C)C)C(CC)CCC. The van der Waals surface area contributed by atoms with Crippen molar-refractivity contribution in [3.63, 3.8) is 0 Å². The number of unbranched alkanes of at least 4 members (excludes halogenated alkanes) is 1. The molecule has 0 spiro atoms. The first-order valence-electron chi connectivity index (χ1n) is 7.94. The molecule has 0 fully saturated rings. The Hall–Kier alpha value is 0.0649. The Balaban J connectivity index is 4.28. The fraction of sp³-hybridized carbons (Fsp3) is 1.00. The van der Waals surface area contributed by atoms with E-state index in [4.69, 9.17) is 0 Å². The molecular formula is C16H35B. The summed E-state index contributed by atoms with van der Waals surface area (Å²) in [6.07, 6.45) is 11.3. The third-order valence-corrected chi connectivity index (χ3v) is 4.04. The Labute approximate surface area is 111 Å². The van der Waals surface area contributed by atoms with Gasteiger partial charge in [0.1, 0.15) is 6.71 Å². The van der Waals surface area contributed by atoms with Crippen LogP contribution in [0, 0.1) is 5.41 Å². The fourth-order valence-corrected chi connectivity index (χ4v) is 2.84. The maximum atomic E-state index is 2.39. The van der Waals surface area contributed by atoms with Gasteiger partial charge in [-0.05, 0) is 5.41 Å². The number of rotatable bonds is 9. The van der Waals surface area contributed by atoms with E-state index < -0.39 is 0 Å². The second-order valence-corrected chi connectivity index (χ2v) is 6.96. The minimum atomic E-state index is 0.509. The molecule has 102 valence electrons. The number of hydrogen-bond acceptors (Lipinski definition) is 0. The molecule has 0 rings (SSSR count). The minimum absolute atomic E-state index is 0.509. The lowest BCUT2D eigenvalue weighted by Crippen LogP contribution is -2.22. The molecule has 0 aliphatic carbocycles. The second-order valence-electron chi connectivity index (χ2n) is 6.96. The van der Waals surface area contributed by atoms with Gasteiger partial charge in [-0.2, -0.15) is 0 Å². The summed E-state index contributed by atoms with van der Waals surface area (Å²) in [7, 11) is 0. The molecule has 17 heavy (non-hydrogen) atoms. The highest BCUT2D eigenvalue weighted by atomic mass is 14.1. The van der Waals surface area contributed by atoms with Gasteiger partial charge in [-0.25, -0.2) is 0 Å². The predicted molar refractivity (Wildman–Crippen MR) is 83.3 cm³/mol. The Bertz CT molecular complexity index is 169. The van der Waals surface area contributed by atoms with E-state index in [1.54, 1.807) is 0 Å². The molecule has 0 heterocycles. The fourth-order valence-electron chi connectivity index (χ4n) is 2.84. The molecule has 0 nitrogen and oxygen atoms in total. The molecule has 0 saturated carbocycles. The van der Waals surface area contributed by atoms with E-state index in [9.17, 15) is 0 Å². The molecule has 0 aromatic heterocycles. The van der Waals surface area contributed by atoms with Crippen LogP contribution < -0.4 is 0 Å². The van der Waals surface area contributed by atoms with E-state index in [1.165, 1.54) is 51.2 Å². The van der Waals surface area contributed by atoms with Crippen molar-refractivity contribution in [2.45, 2.75) is 98.5 Å². The lowest BCUT2D eigenvalue weighted by atomic mass is 9.34. The standard InChI is InChI=1S/C16H35B/c1-7-10-13-17(14-12-16(4,5)6)15(9-3)11-8-2/h15H,7-14H2,1-6H3. The molecule has 0 aromatic rings. The van der Waals surface area contributed by atoms with Crippen LogP contribution in [0.5, 0.6) is 0 Å². The van der Waals surface area contributed by atoms with Crippen LogP contribution in [-0.2, 0) is 0 Å². The summed E-state index contributed by atoms with van der Waals surface area (Å²) in [5.74, 6) is 0.980. The average Bonchev–Trinajstić information content (AvgIpc) is 2.25. The molecule has 0 aliphatic rings. The van der Waals surface area contributed by atoms with Crippen molar-refractivity contribution in [3.8, 4) is 0 Å². The quantitative estimate of drug-likeness (QED) is 0.413. The Morgan fingerprint density at radius 2 is 1.59 bits per heavy atom. The van der Waals surface area contributed by atoms with E-state index in [-0.39, 0.29) is 0 Å². The highest BCUT2D eigenvalue weighted by Crippen LogP contribution is 2.32. The van der Waals surface area contributed by atoms with E-state index in [0.717, 1.165) is 12.5 Å². The van der Waals surface area contributed by atoms with Gasteiger partial charge in [0.15, 0.2) is 0 Å². The van der Waals surface area contributed by atoms with E-state index in [1.807, 2.05) is 0 Å². The van der Waals surface area contributed by atoms with Gasteiger partial charge in [0.25, 0.3) is 0 Å². The van der Waals surface area contributed by atoms with Crippen molar-refractivity contribution in [2.75, 3.05) is 0 Å². The van der Waals surface area contributed by atoms with Crippen molar-refractivity contribution in [3.05, 3.63) is 0 Å². The van der Waals surface area contributed by atoms with Gasteiger partial charge in [0, 0.05) is 0 Å². The smallest absolute Gasteiger partial charge is 0.0739 e. The Morgan fingerprint density at radius 3 is 2.00 bits per heavy atom. The zero-order valence-corrected chi connectivity index (χ0v) is 13.3. The topological polar surface area (TPSA) is 0 Å². The van der Waals surface area contributed by atoms with Crippen LogP contribution in [0.4, 0.5) is 0 Å². The van der Waals surface area contributed by atoms with Crippen LogP contribution in [0.1, 0.15) is 80.1 Å². The summed E-state index contributed by atoms with van der Waals surface area (Å²) in [4.78, 5) is 0. The highest BCUT2D eigenvalue weighted by Gasteiger charge is 2.24. The normalized spacial score (nSPS) is 13.8. The molecule has 0 bridgehead atoms. The maximum absolute atomic E-state index is 2.39. The molecule has 0 amide bonds. The Morgan fingerprint density at radius 1 is 0.941 bits per heavy atom. The molecule has 0 saturated heterocycles. The third kappa shape index (κ3) is 8.74. The van der Waals surface area contributed by atoms with E-state index in [0.29, 0.717) is 5.41 Å². The molecule has 0 radical (unpaired) electrons. The van der Waals surface area contributed by atoms with Crippen LogP contribution in [0.3, 0.4) is 0 Å². The molecule has 0 N–H and O–H groups in total. The summed E-state index contributed by atoms with van der Waals surface area (Å²) >= 11 is 0. The predicted octanol–water partition coefficient (Wildman–Crippen LogP) is 6.30. The molecule has 1 heteroatoms. The van der Waals surface area contributed by atoms with Gasteiger partial charge >= 0.3 is 0 Å². The zero-order valence-electron chi connectivity index (χ0n) is 13.3. The van der Waals surface area contributed by atoms with E-state index in [2.05, 4.69) is 41.5 Å². The molecular weight excluding hydrogens is 203 g/mol. The highest BCUT2D eigenvalue weighted by molar-refractivity contribution is 6.60. The first-order chi connectivity index (χ1) is 7.94. The summed E-state index contributed by atoms with van der Waals surface area (Å²) in [6.45, 7) is 15.2. The van der Waals surface area contributed by atoms with Crippen LogP contribution in [-0.4, -0.2) is 6.71 Å². The van der Waals surface area contributed by atoms with Gasteiger partial charge in [0.2, 0.25) is 0 Å². The van der Waals surface area contributed by atoms with Crippen molar-refractivity contribution >= 4 is 6.71 Å². The molecule has 1 unspecified atom stereocenters. The minimum Gasteiger partial charge on any atom is -0.0739 e. The third-order valence-electron chi connectivity index (χ3n) is 4.04. The first-order valence-corrected chi connectivity index (χ1v) is 7.94. The van der Waals surface area contributed by atoms with Gasteiger partial charge in [-0.1, -0.05) is 98.5 Å².